The summed E-state index contributed by atoms with van der Waals surface area (Å²) >= 11 is 0. The van der Waals surface area contributed by atoms with Gasteiger partial charge in [-0.05, 0) is 145 Å². The van der Waals surface area contributed by atoms with Crippen molar-refractivity contribution in [1.82, 2.24) is 0 Å². The van der Waals surface area contributed by atoms with Gasteiger partial charge in [-0.1, -0.05) is 121 Å². The van der Waals surface area contributed by atoms with Crippen molar-refractivity contribution in [3.05, 3.63) is 126 Å². The Morgan fingerprint density at radius 3 is 1.19 bits per heavy atom. The Morgan fingerprint density at radius 2 is 0.825 bits per heavy atom. The second kappa shape index (κ2) is 21.4. The Hall–Kier alpha value is -4.38. The monoisotopic (exact) mass is 776 g/mol. The molecule has 0 spiro atoms. The quantitative estimate of drug-likeness (QED) is 0.170. The van der Waals surface area contributed by atoms with Crippen molar-refractivity contribution in [3.63, 3.8) is 0 Å². The lowest BCUT2D eigenvalue weighted by Crippen LogP contribution is -2.47. The number of para-hydroxylation sites is 1. The van der Waals surface area contributed by atoms with E-state index in [2.05, 4.69) is 212 Å². The first-order valence-corrected chi connectivity index (χ1v) is 19.8. The highest BCUT2D eigenvalue weighted by Gasteiger charge is 2.29. The summed E-state index contributed by atoms with van der Waals surface area (Å²) in [4.78, 5) is 21.5. The second-order valence-corrected chi connectivity index (χ2v) is 20.2. The van der Waals surface area contributed by atoms with Gasteiger partial charge in [0.1, 0.15) is 5.84 Å². The van der Waals surface area contributed by atoms with E-state index in [9.17, 15) is 0 Å². The number of nitrogens with zero attached hydrogens (tertiary/aromatic N) is 5. The van der Waals surface area contributed by atoms with Crippen LogP contribution in [0.3, 0.4) is 0 Å². The molecule has 0 saturated carbocycles. The number of aliphatic imine (C=N–C) groups is 4. The van der Waals surface area contributed by atoms with Crippen LogP contribution in [-0.4, -0.2) is 50.7 Å². The molecule has 0 atom stereocenters. The molecular formula is C52H81N5. The van der Waals surface area contributed by atoms with E-state index in [4.69, 9.17) is 9.98 Å². The molecule has 0 saturated heterocycles. The maximum absolute atomic E-state index is 5.06. The number of hydrogen-bond acceptors (Lipinski definition) is 4. The van der Waals surface area contributed by atoms with Crippen LogP contribution in [-0.2, 0) is 0 Å². The van der Waals surface area contributed by atoms with Gasteiger partial charge in [0, 0.05) is 16.8 Å². The van der Waals surface area contributed by atoms with Gasteiger partial charge in [-0.15, -0.1) is 0 Å². The lowest BCUT2D eigenvalue weighted by molar-refractivity contribution is 0.542. The minimum atomic E-state index is -0.149. The molecule has 2 aromatic carbocycles. The van der Waals surface area contributed by atoms with Crippen molar-refractivity contribution in [2.45, 2.75) is 167 Å². The molecule has 0 aliphatic heterocycles. The van der Waals surface area contributed by atoms with Crippen molar-refractivity contribution in [2.24, 2.45) is 25.4 Å². The van der Waals surface area contributed by atoms with Crippen LogP contribution < -0.4 is 4.90 Å². The molecule has 0 unspecified atom stereocenters. The van der Waals surface area contributed by atoms with Gasteiger partial charge in [0.15, 0.2) is 0 Å². The molecule has 2 aliphatic rings. The lowest BCUT2D eigenvalue weighted by atomic mass is 9.90. The minimum absolute atomic E-state index is 0. The standard InChI is InChI=1S/C21H28N2.C15H23N.C14H22N2.2CH4/c1-20(2,3)22-19(17-13-9-7-10-14-17)23(21(4,5)6)18-15-11-8-12-16-18;1-14(2,3)11-12-9-7-8-10-13(12)16-15(4,5)6;1-13(2,3)15-11-9-7-8-10-12(11)16-14(4,5)6;;/h7-16H,1-6H3;7-11H,1-6H3;7-10H,1-6H3;2*1H4/b;12-11-,16-13?;;;. The summed E-state index contributed by atoms with van der Waals surface area (Å²) in [5, 5.41) is 0. The summed E-state index contributed by atoms with van der Waals surface area (Å²) in [6, 6.07) is 20.9. The Bertz CT molecular complexity index is 1650. The fourth-order valence-electron chi connectivity index (χ4n) is 5.47. The van der Waals surface area contributed by atoms with Crippen LogP contribution in [0.2, 0.25) is 0 Å². The van der Waals surface area contributed by atoms with Gasteiger partial charge in [0.2, 0.25) is 0 Å². The largest absolute Gasteiger partial charge is 0.321 e. The first-order chi connectivity index (χ1) is 25.0. The van der Waals surface area contributed by atoms with Crippen molar-refractivity contribution in [1.29, 1.82) is 0 Å². The average Bonchev–Trinajstić information content (AvgIpc) is 3.00. The summed E-state index contributed by atoms with van der Waals surface area (Å²) in [5.41, 5.74) is 6.36. The SMILES string of the molecule is C.C.CC(C)(C)/C=C1/C=CC=CC1=NC(C)(C)C.CC(C)(C)N=C(c1ccccc1)N(c1ccccc1)C(C)(C)C.CC(C)(C)N=C1C=CC=CC1=NC(C)(C)C. The van der Waals surface area contributed by atoms with Crippen LogP contribution in [0.5, 0.6) is 0 Å². The first kappa shape index (κ1) is 52.6. The third-order valence-corrected chi connectivity index (χ3v) is 7.14. The molecule has 2 aromatic rings. The van der Waals surface area contributed by atoms with Crippen LogP contribution >= 0.6 is 0 Å². The van der Waals surface area contributed by atoms with E-state index in [1.54, 1.807) is 0 Å². The van der Waals surface area contributed by atoms with Crippen LogP contribution in [0.15, 0.2) is 141 Å². The normalized spacial score (nSPS) is 17.7. The Balaban J connectivity index is 0.000000832. The molecule has 0 amide bonds. The zero-order valence-corrected chi connectivity index (χ0v) is 37.7. The predicted octanol–water partition coefficient (Wildman–Crippen LogP) is 14.7. The number of allylic oxidation sites excluding steroid dienone is 10. The zero-order valence-electron chi connectivity index (χ0n) is 37.7. The molecule has 314 valence electrons. The third-order valence-electron chi connectivity index (χ3n) is 7.14. The van der Waals surface area contributed by atoms with E-state index in [0.29, 0.717) is 0 Å². The highest BCUT2D eigenvalue weighted by Crippen LogP contribution is 2.28. The van der Waals surface area contributed by atoms with Gasteiger partial charge in [0.05, 0.1) is 39.3 Å². The molecule has 5 nitrogen and oxygen atoms in total. The Labute approximate surface area is 351 Å². The van der Waals surface area contributed by atoms with E-state index in [1.807, 2.05) is 42.5 Å². The fourth-order valence-corrected chi connectivity index (χ4v) is 5.47. The molecule has 0 radical (unpaired) electrons. The topological polar surface area (TPSA) is 52.7 Å². The molecule has 2 aliphatic carbocycles. The summed E-state index contributed by atoms with van der Waals surface area (Å²) in [6.45, 7) is 38.7. The van der Waals surface area contributed by atoms with Crippen molar-refractivity contribution in [3.8, 4) is 0 Å². The predicted molar refractivity (Wildman–Crippen MR) is 261 cm³/mol. The number of rotatable bonds is 2. The minimum Gasteiger partial charge on any atom is -0.321 e. The van der Waals surface area contributed by atoms with Crippen LogP contribution in [0.4, 0.5) is 5.69 Å². The number of amidine groups is 1. The van der Waals surface area contributed by atoms with Crippen LogP contribution in [0.1, 0.15) is 145 Å². The highest BCUT2D eigenvalue weighted by molar-refractivity contribution is 6.51. The second-order valence-electron chi connectivity index (χ2n) is 20.2. The summed E-state index contributed by atoms with van der Waals surface area (Å²) in [7, 11) is 0. The molecule has 0 bridgehead atoms. The van der Waals surface area contributed by atoms with Gasteiger partial charge in [-0.2, -0.15) is 0 Å². The molecule has 0 fully saturated rings. The van der Waals surface area contributed by atoms with Gasteiger partial charge in [-0.25, -0.2) is 0 Å². The smallest absolute Gasteiger partial charge is 0.136 e. The molecule has 5 heteroatoms. The zero-order chi connectivity index (χ0) is 41.9. The molecule has 0 N–H and O–H groups in total. The van der Waals surface area contributed by atoms with Crippen LogP contribution in [0.25, 0.3) is 0 Å². The molecule has 0 heterocycles. The van der Waals surface area contributed by atoms with Crippen molar-refractivity contribution in [2.75, 3.05) is 4.90 Å². The van der Waals surface area contributed by atoms with Crippen LogP contribution in [0, 0.1) is 5.41 Å². The number of benzene rings is 2. The van der Waals surface area contributed by atoms with Gasteiger partial charge in [-0.3, -0.25) is 20.0 Å². The van der Waals surface area contributed by atoms with Gasteiger partial charge < -0.3 is 4.90 Å². The maximum atomic E-state index is 5.06. The number of anilines is 1. The molecule has 57 heavy (non-hydrogen) atoms. The average molecular weight is 776 g/mol. The van der Waals surface area contributed by atoms with Crippen molar-refractivity contribution < 1.29 is 0 Å². The summed E-state index contributed by atoms with van der Waals surface area (Å²) in [6.07, 6.45) is 18.7. The van der Waals surface area contributed by atoms with E-state index >= 15 is 0 Å². The van der Waals surface area contributed by atoms with E-state index in [1.165, 1.54) is 5.57 Å². The van der Waals surface area contributed by atoms with E-state index < -0.39 is 0 Å². The third kappa shape index (κ3) is 21.6. The van der Waals surface area contributed by atoms with E-state index in [-0.39, 0.29) is 48.0 Å². The molecular weight excluding hydrogens is 695 g/mol. The van der Waals surface area contributed by atoms with E-state index in [0.717, 1.165) is 34.2 Å². The number of hydrogen-bond donors (Lipinski definition) is 0. The first-order valence-electron chi connectivity index (χ1n) is 19.8. The highest BCUT2D eigenvalue weighted by atomic mass is 15.2. The van der Waals surface area contributed by atoms with Gasteiger partial charge in [0.25, 0.3) is 0 Å². The summed E-state index contributed by atoms with van der Waals surface area (Å²) in [5.74, 6) is 1.01. The summed E-state index contributed by atoms with van der Waals surface area (Å²) < 4.78 is 0. The molecule has 4 rings (SSSR count). The Kier molecular flexibility index (Phi) is 19.8. The Morgan fingerprint density at radius 1 is 0.456 bits per heavy atom. The van der Waals surface area contributed by atoms with Gasteiger partial charge >= 0.3 is 0 Å². The lowest BCUT2D eigenvalue weighted by Gasteiger charge is -2.39. The van der Waals surface area contributed by atoms with Crippen molar-refractivity contribution >= 4 is 28.7 Å². The fraction of sp³-hybridized carbons (Fsp3) is 0.500. The maximum Gasteiger partial charge on any atom is 0.136 e. The molecule has 0 aromatic heterocycles.